The van der Waals surface area contributed by atoms with Crippen LogP contribution in [0.15, 0.2) is 36.5 Å². The molecule has 0 N–H and O–H groups in total. The summed E-state index contributed by atoms with van der Waals surface area (Å²) in [6, 6.07) is 10.8. The van der Waals surface area contributed by atoms with Gasteiger partial charge in [-0.15, -0.1) is 0 Å². The smallest absolute Gasteiger partial charge is 0.225 e. The highest BCUT2D eigenvalue weighted by molar-refractivity contribution is 5.75. The van der Waals surface area contributed by atoms with Crippen LogP contribution in [-0.4, -0.2) is 44.1 Å². The second-order valence-electron chi connectivity index (χ2n) is 8.04. The van der Waals surface area contributed by atoms with Crippen molar-refractivity contribution >= 4 is 17.0 Å². The lowest BCUT2D eigenvalue weighted by Crippen LogP contribution is -2.34. The fraction of sp³-hybridized carbons (Fsp3) is 0.500. The molecule has 2 saturated heterocycles. The van der Waals surface area contributed by atoms with Crippen molar-refractivity contribution in [2.24, 2.45) is 7.05 Å². The number of likely N-dealkylation sites (tertiary alicyclic amines) is 1. The second-order valence-corrected chi connectivity index (χ2v) is 8.04. The molecule has 0 aliphatic carbocycles. The Balaban J connectivity index is 1.41. The second kappa shape index (κ2) is 7.51. The Morgan fingerprint density at radius 3 is 2.64 bits per heavy atom. The van der Waals surface area contributed by atoms with Crippen LogP contribution >= 0.6 is 0 Å². The first-order valence-electron chi connectivity index (χ1n) is 10.5. The first-order valence-corrected chi connectivity index (χ1v) is 10.5. The lowest BCUT2D eigenvalue weighted by atomic mass is 10.0. The van der Waals surface area contributed by atoms with Crippen molar-refractivity contribution in [3.8, 4) is 0 Å². The number of piperidine rings is 1. The molecule has 2 aliphatic rings. The van der Waals surface area contributed by atoms with Gasteiger partial charge < -0.3 is 9.47 Å². The molecule has 2 aromatic heterocycles. The number of aryl methyl sites for hydroxylation is 1. The lowest BCUT2D eigenvalue weighted by molar-refractivity contribution is 0.130. The number of rotatable bonds is 4. The predicted molar refractivity (Wildman–Crippen MR) is 111 cm³/mol. The van der Waals surface area contributed by atoms with Gasteiger partial charge in [-0.2, -0.15) is 0 Å². The normalized spacial score (nSPS) is 20.9. The number of hydrogen-bond acceptors (Lipinski definition) is 5. The van der Waals surface area contributed by atoms with Gasteiger partial charge in [-0.3, -0.25) is 4.90 Å². The molecule has 146 valence electrons. The van der Waals surface area contributed by atoms with Gasteiger partial charge in [-0.1, -0.05) is 18.6 Å². The van der Waals surface area contributed by atoms with E-state index in [0.29, 0.717) is 6.04 Å². The molecule has 1 atom stereocenters. The zero-order valence-corrected chi connectivity index (χ0v) is 16.6. The standard InChI is InChI=1S/C22H28N6/c1-26-19-9-3-2-8-18(19)25-21(26)20-10-4-5-15-28(20)16-17-11-12-23-22(24-17)27-13-6-7-14-27/h2-3,8-9,11-12,20H,4-7,10,13-16H2,1H3. The van der Waals surface area contributed by atoms with Crippen LogP contribution in [0, 0.1) is 0 Å². The first-order chi connectivity index (χ1) is 13.8. The number of hydrogen-bond donors (Lipinski definition) is 0. The van der Waals surface area contributed by atoms with Crippen molar-refractivity contribution < 1.29 is 0 Å². The molecule has 1 unspecified atom stereocenters. The number of fused-ring (bicyclic) bond motifs is 1. The lowest BCUT2D eigenvalue weighted by Gasteiger charge is -2.35. The van der Waals surface area contributed by atoms with Crippen LogP contribution in [0.4, 0.5) is 5.95 Å². The molecule has 4 heterocycles. The van der Waals surface area contributed by atoms with Crippen LogP contribution in [0.3, 0.4) is 0 Å². The van der Waals surface area contributed by atoms with Crippen molar-refractivity contribution in [3.63, 3.8) is 0 Å². The van der Waals surface area contributed by atoms with Gasteiger partial charge in [-0.05, 0) is 50.4 Å². The van der Waals surface area contributed by atoms with E-state index in [1.165, 1.54) is 37.0 Å². The monoisotopic (exact) mass is 376 g/mol. The maximum absolute atomic E-state index is 4.99. The van der Waals surface area contributed by atoms with E-state index in [4.69, 9.17) is 9.97 Å². The average Bonchev–Trinajstić information content (AvgIpc) is 3.38. The fourth-order valence-electron chi connectivity index (χ4n) is 4.69. The summed E-state index contributed by atoms with van der Waals surface area (Å²) in [6.07, 6.45) is 8.06. The highest BCUT2D eigenvalue weighted by Crippen LogP contribution is 2.33. The van der Waals surface area contributed by atoms with Gasteiger partial charge in [-0.25, -0.2) is 15.0 Å². The van der Waals surface area contributed by atoms with E-state index < -0.39 is 0 Å². The van der Waals surface area contributed by atoms with Crippen molar-refractivity contribution in [1.29, 1.82) is 0 Å². The van der Waals surface area contributed by atoms with Gasteiger partial charge in [0.15, 0.2) is 0 Å². The van der Waals surface area contributed by atoms with Crippen LogP contribution in [0.2, 0.25) is 0 Å². The first kappa shape index (κ1) is 17.6. The molecule has 0 spiro atoms. The summed E-state index contributed by atoms with van der Waals surface area (Å²) >= 11 is 0. The summed E-state index contributed by atoms with van der Waals surface area (Å²) in [5.41, 5.74) is 3.41. The molecule has 0 saturated carbocycles. The van der Waals surface area contributed by atoms with Crippen molar-refractivity contribution in [1.82, 2.24) is 24.4 Å². The van der Waals surface area contributed by atoms with Crippen LogP contribution in [-0.2, 0) is 13.6 Å². The van der Waals surface area contributed by atoms with Crippen LogP contribution < -0.4 is 4.90 Å². The largest absolute Gasteiger partial charge is 0.341 e. The topological polar surface area (TPSA) is 50.1 Å². The Labute approximate surface area is 166 Å². The highest BCUT2D eigenvalue weighted by Gasteiger charge is 2.28. The summed E-state index contributed by atoms with van der Waals surface area (Å²) in [5, 5.41) is 0. The van der Waals surface area contributed by atoms with Crippen LogP contribution in [0.25, 0.3) is 11.0 Å². The zero-order valence-electron chi connectivity index (χ0n) is 16.6. The van der Waals surface area contributed by atoms with Gasteiger partial charge in [0, 0.05) is 32.9 Å². The Kier molecular flexibility index (Phi) is 4.72. The Morgan fingerprint density at radius 1 is 0.964 bits per heavy atom. The third kappa shape index (κ3) is 3.26. The number of para-hydroxylation sites is 2. The van der Waals surface area contributed by atoms with Gasteiger partial charge >= 0.3 is 0 Å². The summed E-state index contributed by atoms with van der Waals surface area (Å²) < 4.78 is 2.27. The van der Waals surface area contributed by atoms with Crippen molar-refractivity contribution in [3.05, 3.63) is 48.0 Å². The molecule has 2 fully saturated rings. The van der Waals surface area contributed by atoms with E-state index in [-0.39, 0.29) is 0 Å². The molecule has 0 bridgehead atoms. The number of nitrogens with zero attached hydrogens (tertiary/aromatic N) is 6. The summed E-state index contributed by atoms with van der Waals surface area (Å²) in [6.45, 7) is 4.11. The molecule has 2 aliphatic heterocycles. The molecule has 28 heavy (non-hydrogen) atoms. The van der Waals surface area contributed by atoms with Crippen molar-refractivity contribution in [2.45, 2.75) is 44.7 Å². The molecule has 6 heteroatoms. The molecule has 3 aromatic rings. The van der Waals surface area contributed by atoms with Gasteiger partial charge in [0.1, 0.15) is 5.82 Å². The van der Waals surface area contributed by atoms with Gasteiger partial charge in [0.05, 0.1) is 22.8 Å². The Morgan fingerprint density at radius 2 is 1.79 bits per heavy atom. The number of aromatic nitrogens is 4. The zero-order chi connectivity index (χ0) is 18.9. The molecule has 0 radical (unpaired) electrons. The fourth-order valence-corrected chi connectivity index (χ4v) is 4.69. The van der Waals surface area contributed by atoms with Crippen LogP contribution in [0.5, 0.6) is 0 Å². The highest BCUT2D eigenvalue weighted by atomic mass is 15.3. The Bertz CT molecular complexity index is 959. The summed E-state index contributed by atoms with van der Waals surface area (Å²) in [7, 11) is 2.15. The molecule has 5 rings (SSSR count). The molecular formula is C22H28N6. The Hall–Kier alpha value is -2.47. The molecule has 1 aromatic carbocycles. The maximum Gasteiger partial charge on any atom is 0.225 e. The number of benzene rings is 1. The van der Waals surface area contributed by atoms with E-state index >= 15 is 0 Å². The van der Waals surface area contributed by atoms with Crippen molar-refractivity contribution in [2.75, 3.05) is 24.5 Å². The average molecular weight is 377 g/mol. The van der Waals surface area contributed by atoms with Crippen LogP contribution in [0.1, 0.15) is 49.7 Å². The summed E-state index contributed by atoms with van der Waals surface area (Å²) in [5.74, 6) is 2.07. The van der Waals surface area contributed by atoms with E-state index in [0.717, 1.165) is 49.8 Å². The molecular weight excluding hydrogens is 348 g/mol. The molecule has 6 nitrogen and oxygen atoms in total. The van der Waals surface area contributed by atoms with E-state index in [9.17, 15) is 0 Å². The molecule has 0 amide bonds. The third-order valence-electron chi connectivity index (χ3n) is 6.19. The van der Waals surface area contributed by atoms with E-state index in [2.05, 4.69) is 56.7 Å². The SMILES string of the molecule is Cn1c(C2CCCCN2Cc2ccnc(N3CCCC3)n2)nc2ccccc21. The minimum Gasteiger partial charge on any atom is -0.341 e. The quantitative estimate of drug-likeness (QED) is 0.695. The van der Waals surface area contributed by atoms with Gasteiger partial charge in [0.2, 0.25) is 5.95 Å². The predicted octanol–water partition coefficient (Wildman–Crippen LogP) is 3.69. The maximum atomic E-state index is 4.99. The van der Waals surface area contributed by atoms with Gasteiger partial charge in [0.25, 0.3) is 0 Å². The number of imidazole rings is 1. The number of anilines is 1. The minimum absolute atomic E-state index is 0.344. The summed E-state index contributed by atoms with van der Waals surface area (Å²) in [4.78, 5) is 19.3. The van der Waals surface area contributed by atoms with E-state index in [1.54, 1.807) is 0 Å². The minimum atomic E-state index is 0.344. The third-order valence-corrected chi connectivity index (χ3v) is 6.19. The van der Waals surface area contributed by atoms with E-state index in [1.807, 2.05) is 6.20 Å².